The van der Waals surface area contributed by atoms with Gasteiger partial charge in [-0.05, 0) is 6.42 Å². The Balaban J connectivity index is 2.65. The molecule has 0 aromatic carbocycles. The second-order valence-electron chi connectivity index (χ2n) is 3.58. The Morgan fingerprint density at radius 2 is 2.35 bits per heavy atom. The molecule has 0 saturated heterocycles. The molecule has 0 aliphatic carbocycles. The van der Waals surface area contributed by atoms with E-state index in [1.807, 2.05) is 6.92 Å². The van der Waals surface area contributed by atoms with Gasteiger partial charge in [-0.2, -0.15) is 0 Å². The lowest BCUT2D eigenvalue weighted by atomic mass is 10.1. The van der Waals surface area contributed by atoms with E-state index in [0.717, 1.165) is 12.8 Å². The van der Waals surface area contributed by atoms with E-state index in [0.29, 0.717) is 11.6 Å². The summed E-state index contributed by atoms with van der Waals surface area (Å²) in [4.78, 5) is 25.7. The summed E-state index contributed by atoms with van der Waals surface area (Å²) < 4.78 is 0. The standard InChI is InChI=1S/C10H15N3O3S/c1-2-3-4-6(9(15)16)12-10-13-7(5-17-10)8(11)14/h5-6H,2-4H2,1H3,(H2,11,14)(H,12,13)(H,15,16)/t6-/m0/s1. The molecule has 94 valence electrons. The molecule has 1 aromatic heterocycles. The number of hydrogen-bond donors (Lipinski definition) is 3. The van der Waals surface area contributed by atoms with Crippen molar-refractivity contribution in [3.63, 3.8) is 0 Å². The van der Waals surface area contributed by atoms with Crippen LogP contribution in [0.3, 0.4) is 0 Å². The summed E-state index contributed by atoms with van der Waals surface area (Å²) in [5.41, 5.74) is 5.21. The van der Waals surface area contributed by atoms with Crippen LogP contribution >= 0.6 is 11.3 Å². The topological polar surface area (TPSA) is 105 Å². The highest BCUT2D eigenvalue weighted by Gasteiger charge is 2.18. The van der Waals surface area contributed by atoms with Gasteiger partial charge in [-0.25, -0.2) is 9.78 Å². The minimum absolute atomic E-state index is 0.150. The number of carbonyl (C=O) groups excluding carboxylic acids is 1. The zero-order valence-corrected chi connectivity index (χ0v) is 10.3. The Hall–Kier alpha value is -1.63. The van der Waals surface area contributed by atoms with Gasteiger partial charge in [0.2, 0.25) is 0 Å². The van der Waals surface area contributed by atoms with Crippen LogP contribution in [0.5, 0.6) is 0 Å². The second-order valence-corrected chi connectivity index (χ2v) is 4.44. The monoisotopic (exact) mass is 257 g/mol. The van der Waals surface area contributed by atoms with Crippen LogP contribution in [-0.4, -0.2) is 28.0 Å². The van der Waals surface area contributed by atoms with E-state index in [1.165, 1.54) is 16.7 Å². The van der Waals surface area contributed by atoms with Crippen LogP contribution in [0.15, 0.2) is 5.38 Å². The number of nitrogens with two attached hydrogens (primary N) is 1. The molecule has 6 nitrogen and oxygen atoms in total. The van der Waals surface area contributed by atoms with Crippen molar-refractivity contribution >= 4 is 28.3 Å². The van der Waals surface area contributed by atoms with Crippen LogP contribution in [0.4, 0.5) is 5.13 Å². The summed E-state index contributed by atoms with van der Waals surface area (Å²) in [6.07, 6.45) is 2.27. The number of primary amides is 1. The van der Waals surface area contributed by atoms with Crippen molar-refractivity contribution in [3.8, 4) is 0 Å². The highest BCUT2D eigenvalue weighted by atomic mass is 32.1. The number of unbranched alkanes of at least 4 members (excludes halogenated alkanes) is 1. The van der Waals surface area contributed by atoms with E-state index in [4.69, 9.17) is 10.8 Å². The third-order valence-electron chi connectivity index (χ3n) is 2.20. The van der Waals surface area contributed by atoms with E-state index in [-0.39, 0.29) is 5.69 Å². The number of aliphatic carboxylic acids is 1. The number of carbonyl (C=O) groups is 2. The van der Waals surface area contributed by atoms with Crippen molar-refractivity contribution in [1.82, 2.24) is 4.98 Å². The number of hydrogen-bond acceptors (Lipinski definition) is 5. The maximum absolute atomic E-state index is 11.0. The van der Waals surface area contributed by atoms with Crippen LogP contribution in [0.2, 0.25) is 0 Å². The highest BCUT2D eigenvalue weighted by molar-refractivity contribution is 7.13. The van der Waals surface area contributed by atoms with Crippen molar-refractivity contribution < 1.29 is 14.7 Å². The van der Waals surface area contributed by atoms with Gasteiger partial charge in [0.1, 0.15) is 11.7 Å². The molecule has 0 unspecified atom stereocenters. The highest BCUT2D eigenvalue weighted by Crippen LogP contribution is 2.17. The maximum Gasteiger partial charge on any atom is 0.326 e. The molecule has 0 saturated carbocycles. The number of anilines is 1. The minimum atomic E-state index is -0.922. The molecular formula is C10H15N3O3S. The number of carboxylic acid groups (broad SMARTS) is 1. The lowest BCUT2D eigenvalue weighted by Crippen LogP contribution is -2.29. The van der Waals surface area contributed by atoms with Gasteiger partial charge in [-0.1, -0.05) is 19.8 Å². The van der Waals surface area contributed by atoms with E-state index >= 15 is 0 Å². The Labute approximate surface area is 103 Å². The molecule has 0 bridgehead atoms. The molecule has 1 rings (SSSR count). The van der Waals surface area contributed by atoms with Gasteiger partial charge in [0.05, 0.1) is 0 Å². The summed E-state index contributed by atoms with van der Waals surface area (Å²) in [7, 11) is 0. The van der Waals surface area contributed by atoms with Crippen LogP contribution in [-0.2, 0) is 4.79 Å². The molecular weight excluding hydrogens is 242 g/mol. The lowest BCUT2D eigenvalue weighted by molar-refractivity contribution is -0.138. The fraction of sp³-hybridized carbons (Fsp3) is 0.500. The van der Waals surface area contributed by atoms with Gasteiger partial charge in [-0.3, -0.25) is 4.79 Å². The van der Waals surface area contributed by atoms with E-state index in [9.17, 15) is 9.59 Å². The number of nitrogens with one attached hydrogen (secondary N) is 1. The zero-order valence-electron chi connectivity index (χ0n) is 9.47. The Morgan fingerprint density at radius 1 is 1.65 bits per heavy atom. The zero-order chi connectivity index (χ0) is 12.8. The first-order valence-electron chi connectivity index (χ1n) is 5.29. The van der Waals surface area contributed by atoms with E-state index in [2.05, 4.69) is 10.3 Å². The first-order chi connectivity index (χ1) is 8.04. The molecule has 7 heteroatoms. The Morgan fingerprint density at radius 3 is 2.82 bits per heavy atom. The third kappa shape index (κ3) is 4.03. The molecule has 4 N–H and O–H groups in total. The van der Waals surface area contributed by atoms with Crippen LogP contribution in [0.1, 0.15) is 36.7 Å². The van der Waals surface area contributed by atoms with E-state index in [1.54, 1.807) is 0 Å². The van der Waals surface area contributed by atoms with Crippen molar-refractivity contribution in [2.24, 2.45) is 5.73 Å². The average Bonchev–Trinajstić information content (AvgIpc) is 2.72. The molecule has 1 heterocycles. The molecule has 0 fully saturated rings. The van der Waals surface area contributed by atoms with Crippen molar-refractivity contribution in [1.29, 1.82) is 0 Å². The molecule has 1 aromatic rings. The molecule has 1 amide bonds. The van der Waals surface area contributed by atoms with Gasteiger partial charge in [0.15, 0.2) is 5.13 Å². The van der Waals surface area contributed by atoms with Crippen LogP contribution < -0.4 is 11.1 Å². The molecule has 0 spiro atoms. The molecule has 17 heavy (non-hydrogen) atoms. The number of rotatable bonds is 7. The normalized spacial score (nSPS) is 12.1. The van der Waals surface area contributed by atoms with E-state index < -0.39 is 17.9 Å². The summed E-state index contributed by atoms with van der Waals surface area (Å²) >= 11 is 1.17. The third-order valence-corrected chi connectivity index (χ3v) is 2.97. The van der Waals surface area contributed by atoms with Crippen LogP contribution in [0, 0.1) is 0 Å². The van der Waals surface area contributed by atoms with Crippen LogP contribution in [0.25, 0.3) is 0 Å². The molecule has 0 aliphatic heterocycles. The minimum Gasteiger partial charge on any atom is -0.480 e. The predicted molar refractivity (Wildman–Crippen MR) is 65.2 cm³/mol. The summed E-state index contributed by atoms with van der Waals surface area (Å²) in [5.74, 6) is -1.54. The molecule has 0 radical (unpaired) electrons. The Bertz CT molecular complexity index is 405. The summed E-state index contributed by atoms with van der Waals surface area (Å²) in [6.45, 7) is 1.99. The Kier molecular flexibility index (Phi) is 4.89. The first-order valence-corrected chi connectivity index (χ1v) is 6.17. The lowest BCUT2D eigenvalue weighted by Gasteiger charge is -2.12. The number of amides is 1. The first kappa shape index (κ1) is 13.4. The van der Waals surface area contributed by atoms with Gasteiger partial charge >= 0.3 is 5.97 Å². The molecule has 1 atom stereocenters. The second kappa shape index (κ2) is 6.19. The quantitative estimate of drug-likeness (QED) is 0.682. The van der Waals surface area contributed by atoms with Gasteiger partial charge in [0.25, 0.3) is 5.91 Å². The van der Waals surface area contributed by atoms with Crippen molar-refractivity contribution in [2.45, 2.75) is 32.2 Å². The number of nitrogens with zero attached hydrogens (tertiary/aromatic N) is 1. The summed E-state index contributed by atoms with van der Waals surface area (Å²) in [5, 5.41) is 13.7. The largest absolute Gasteiger partial charge is 0.480 e. The van der Waals surface area contributed by atoms with Gasteiger partial charge < -0.3 is 16.2 Å². The fourth-order valence-electron chi connectivity index (χ4n) is 1.27. The predicted octanol–water partition coefficient (Wildman–Crippen LogP) is 1.30. The SMILES string of the molecule is CCCC[C@H](Nc1nc(C(N)=O)cs1)C(=O)O. The maximum atomic E-state index is 11.0. The van der Waals surface area contributed by atoms with Gasteiger partial charge in [-0.15, -0.1) is 11.3 Å². The average molecular weight is 257 g/mol. The van der Waals surface area contributed by atoms with Gasteiger partial charge in [0, 0.05) is 5.38 Å². The molecule has 0 aliphatic rings. The van der Waals surface area contributed by atoms with Crippen molar-refractivity contribution in [2.75, 3.05) is 5.32 Å². The number of aromatic nitrogens is 1. The number of thiazole rings is 1. The number of carboxylic acids is 1. The fourth-order valence-corrected chi connectivity index (χ4v) is 2.02. The van der Waals surface area contributed by atoms with Crippen molar-refractivity contribution in [3.05, 3.63) is 11.1 Å². The summed E-state index contributed by atoms with van der Waals surface area (Å²) in [6, 6.07) is -0.679. The smallest absolute Gasteiger partial charge is 0.326 e.